The van der Waals surface area contributed by atoms with Crippen LogP contribution < -0.4 is 10.2 Å². The first kappa shape index (κ1) is 29.5. The number of benzene rings is 3. The topological polar surface area (TPSA) is 78.6 Å². The van der Waals surface area contributed by atoms with Crippen LogP contribution in [0.15, 0.2) is 71.1 Å². The van der Waals surface area contributed by atoms with Crippen LogP contribution in [0.4, 0.5) is 24.9 Å². The molecule has 3 aromatic carbocycles. The van der Waals surface area contributed by atoms with Crippen molar-refractivity contribution in [2.45, 2.75) is 33.0 Å². The SMILES string of the molecule is CC.CN(c1ccc(-c2ccccc2)c(C(F)(F)F)c1)c1nc2cc(CNCCC=O)ccc2o1.CO. The van der Waals surface area contributed by atoms with E-state index in [9.17, 15) is 18.0 Å². The lowest BCUT2D eigenvalue weighted by Gasteiger charge is -2.19. The van der Waals surface area contributed by atoms with E-state index in [0.29, 0.717) is 41.9 Å². The first-order chi connectivity index (χ1) is 17.9. The van der Waals surface area contributed by atoms with Crippen LogP contribution in [0.5, 0.6) is 0 Å². The van der Waals surface area contributed by atoms with Crippen LogP contribution in [0.1, 0.15) is 31.4 Å². The van der Waals surface area contributed by atoms with Crippen molar-refractivity contribution in [2.75, 3.05) is 25.6 Å². The van der Waals surface area contributed by atoms with Gasteiger partial charge in [-0.3, -0.25) is 4.90 Å². The highest BCUT2D eigenvalue weighted by atomic mass is 19.4. The van der Waals surface area contributed by atoms with Crippen molar-refractivity contribution in [3.8, 4) is 11.1 Å². The Balaban J connectivity index is 0.00000115. The molecule has 4 aromatic rings. The molecular formula is C28H32F3N3O3. The van der Waals surface area contributed by atoms with Crippen LogP contribution in [0.3, 0.4) is 0 Å². The Labute approximate surface area is 214 Å². The number of hydrogen-bond donors (Lipinski definition) is 2. The zero-order chi connectivity index (χ0) is 27.4. The average Bonchev–Trinajstić information content (AvgIpc) is 3.36. The van der Waals surface area contributed by atoms with Crippen LogP contribution in [0.25, 0.3) is 22.2 Å². The third kappa shape index (κ3) is 7.65. The number of aliphatic hydroxyl groups excluding tert-OH is 1. The summed E-state index contributed by atoms with van der Waals surface area (Å²) in [7, 11) is 2.62. The van der Waals surface area contributed by atoms with Crippen molar-refractivity contribution in [3.63, 3.8) is 0 Å². The highest BCUT2D eigenvalue weighted by Gasteiger charge is 2.34. The normalized spacial score (nSPS) is 10.7. The Bertz CT molecular complexity index is 1260. The van der Waals surface area contributed by atoms with Crippen molar-refractivity contribution < 1.29 is 27.5 Å². The minimum Gasteiger partial charge on any atom is -0.423 e. The molecular weight excluding hydrogens is 483 g/mol. The largest absolute Gasteiger partial charge is 0.423 e. The van der Waals surface area contributed by atoms with Crippen LogP contribution >= 0.6 is 0 Å². The number of aliphatic hydroxyl groups is 1. The second kappa shape index (κ2) is 14.2. The molecule has 198 valence electrons. The molecule has 0 saturated carbocycles. The van der Waals surface area contributed by atoms with Gasteiger partial charge in [0.1, 0.15) is 11.8 Å². The third-order valence-corrected chi connectivity index (χ3v) is 5.28. The third-order valence-electron chi connectivity index (χ3n) is 5.28. The minimum atomic E-state index is -4.52. The number of hydrogen-bond acceptors (Lipinski definition) is 6. The molecule has 4 rings (SSSR count). The zero-order valence-corrected chi connectivity index (χ0v) is 21.3. The predicted octanol–water partition coefficient (Wildman–Crippen LogP) is 6.59. The number of fused-ring (bicyclic) bond motifs is 1. The molecule has 37 heavy (non-hydrogen) atoms. The maximum Gasteiger partial charge on any atom is 0.417 e. The number of halogens is 3. The van der Waals surface area contributed by atoms with Gasteiger partial charge in [0.05, 0.1) is 5.56 Å². The number of aromatic nitrogens is 1. The monoisotopic (exact) mass is 515 g/mol. The molecule has 0 aliphatic heterocycles. The van der Waals surface area contributed by atoms with E-state index in [-0.39, 0.29) is 11.6 Å². The lowest BCUT2D eigenvalue weighted by Crippen LogP contribution is -2.14. The number of aldehydes is 1. The number of carbonyl (C=O) groups is 1. The maximum absolute atomic E-state index is 13.9. The van der Waals surface area contributed by atoms with Gasteiger partial charge < -0.3 is 19.6 Å². The van der Waals surface area contributed by atoms with Gasteiger partial charge in [-0.15, -0.1) is 0 Å². The molecule has 0 fully saturated rings. The lowest BCUT2D eigenvalue weighted by molar-refractivity contribution is -0.137. The van der Waals surface area contributed by atoms with Crippen molar-refractivity contribution in [1.29, 1.82) is 0 Å². The predicted molar refractivity (Wildman–Crippen MR) is 141 cm³/mol. The molecule has 0 atom stereocenters. The van der Waals surface area contributed by atoms with E-state index in [4.69, 9.17) is 9.52 Å². The molecule has 2 N–H and O–H groups in total. The Kier molecular flexibility index (Phi) is 11.3. The summed E-state index contributed by atoms with van der Waals surface area (Å²) >= 11 is 0. The van der Waals surface area contributed by atoms with Gasteiger partial charge in [0.25, 0.3) is 0 Å². The molecule has 0 bridgehead atoms. The Hall–Kier alpha value is -3.69. The molecule has 0 unspecified atom stereocenters. The highest BCUT2D eigenvalue weighted by molar-refractivity contribution is 5.77. The van der Waals surface area contributed by atoms with Gasteiger partial charge >= 0.3 is 12.2 Å². The first-order valence-electron chi connectivity index (χ1n) is 11.9. The van der Waals surface area contributed by atoms with E-state index in [1.807, 2.05) is 26.0 Å². The summed E-state index contributed by atoms with van der Waals surface area (Å²) in [6, 6.07) is 18.4. The highest BCUT2D eigenvalue weighted by Crippen LogP contribution is 2.40. The molecule has 6 nitrogen and oxygen atoms in total. The molecule has 9 heteroatoms. The summed E-state index contributed by atoms with van der Waals surface area (Å²) in [5.41, 5.74) is 2.29. The molecule has 0 aliphatic rings. The quantitative estimate of drug-likeness (QED) is 0.204. The number of alkyl halides is 3. The van der Waals surface area contributed by atoms with Crippen LogP contribution in [0.2, 0.25) is 0 Å². The van der Waals surface area contributed by atoms with Crippen molar-refractivity contribution in [1.82, 2.24) is 10.3 Å². The maximum atomic E-state index is 13.9. The number of oxazole rings is 1. The number of nitrogens with zero attached hydrogens (tertiary/aromatic N) is 2. The molecule has 0 spiro atoms. The number of nitrogens with one attached hydrogen (secondary N) is 1. The first-order valence-corrected chi connectivity index (χ1v) is 11.9. The molecule has 0 saturated heterocycles. The second-order valence-corrected chi connectivity index (χ2v) is 7.58. The Morgan fingerprint density at radius 3 is 2.38 bits per heavy atom. The smallest absolute Gasteiger partial charge is 0.417 e. The number of rotatable bonds is 8. The van der Waals surface area contributed by atoms with Crippen molar-refractivity contribution in [2.24, 2.45) is 0 Å². The Morgan fingerprint density at radius 2 is 1.73 bits per heavy atom. The van der Waals surface area contributed by atoms with Crippen molar-refractivity contribution >= 4 is 29.1 Å². The minimum absolute atomic E-state index is 0.115. The van der Waals surface area contributed by atoms with E-state index < -0.39 is 11.7 Å². The number of carbonyl (C=O) groups excluding carboxylic acids is 1. The van der Waals surface area contributed by atoms with E-state index in [1.54, 1.807) is 49.5 Å². The Morgan fingerprint density at radius 1 is 1.03 bits per heavy atom. The van der Waals surface area contributed by atoms with E-state index in [1.165, 1.54) is 11.0 Å². The molecule has 0 radical (unpaired) electrons. The summed E-state index contributed by atoms with van der Waals surface area (Å²) in [6.07, 6.45) is -3.23. The lowest BCUT2D eigenvalue weighted by atomic mass is 9.98. The summed E-state index contributed by atoms with van der Waals surface area (Å²) in [5, 5.41) is 10.2. The number of anilines is 2. The van der Waals surface area contributed by atoms with Crippen LogP contribution in [0, 0.1) is 0 Å². The van der Waals surface area contributed by atoms with Gasteiger partial charge in [-0.05, 0) is 41.0 Å². The fourth-order valence-corrected chi connectivity index (χ4v) is 3.56. The van der Waals surface area contributed by atoms with E-state index in [0.717, 1.165) is 25.0 Å². The van der Waals surface area contributed by atoms with Gasteiger partial charge in [0, 0.05) is 39.4 Å². The standard InChI is InChI=1S/C25H22F3N3O2.C2H6.CH4O/c1-31(24-30-22-14-17(8-11-23(22)33-24)16-29-12-5-13-32)19-9-10-20(18-6-3-2-4-7-18)21(15-19)25(26,27)28;2*1-2/h2-4,6-11,13-15,29H,5,12,16H2,1H3;1-2H3;2H,1H3. The summed E-state index contributed by atoms with van der Waals surface area (Å²) in [6.45, 7) is 5.15. The van der Waals surface area contributed by atoms with Gasteiger partial charge in [-0.25, -0.2) is 0 Å². The average molecular weight is 516 g/mol. The van der Waals surface area contributed by atoms with Crippen LogP contribution in [-0.4, -0.2) is 37.1 Å². The molecule has 1 heterocycles. The van der Waals surface area contributed by atoms with Gasteiger partial charge in [0.15, 0.2) is 5.58 Å². The summed E-state index contributed by atoms with van der Waals surface area (Å²) < 4.78 is 47.4. The van der Waals surface area contributed by atoms with E-state index in [2.05, 4.69) is 10.3 Å². The summed E-state index contributed by atoms with van der Waals surface area (Å²) in [5.74, 6) is 0. The van der Waals surface area contributed by atoms with Crippen molar-refractivity contribution in [3.05, 3.63) is 77.9 Å². The summed E-state index contributed by atoms with van der Waals surface area (Å²) in [4.78, 5) is 16.4. The molecule has 0 aliphatic carbocycles. The van der Waals surface area contributed by atoms with Gasteiger partial charge in [-0.2, -0.15) is 18.2 Å². The molecule has 0 amide bonds. The second-order valence-electron chi connectivity index (χ2n) is 7.58. The fourth-order valence-electron chi connectivity index (χ4n) is 3.56. The van der Waals surface area contributed by atoms with Gasteiger partial charge in [-0.1, -0.05) is 56.3 Å². The molecule has 1 aromatic heterocycles. The zero-order valence-electron chi connectivity index (χ0n) is 21.3. The van der Waals surface area contributed by atoms with Crippen LogP contribution in [-0.2, 0) is 17.5 Å². The van der Waals surface area contributed by atoms with Gasteiger partial charge in [0.2, 0.25) is 0 Å². The van der Waals surface area contributed by atoms with E-state index >= 15 is 0 Å². The fraction of sp³-hybridized carbons (Fsp3) is 0.286.